The number of rotatable bonds is 25. The Kier molecular flexibility index (Phi) is 29.6. The van der Waals surface area contributed by atoms with Gasteiger partial charge >= 0.3 is 0 Å². The molecule has 31 nitrogen and oxygen atoms in total. The molecule has 20 aromatic rings. The van der Waals surface area contributed by atoms with Gasteiger partial charge in [0, 0.05) is 58.1 Å². The van der Waals surface area contributed by atoms with Crippen LogP contribution in [-0.2, 0) is 51.3 Å². The van der Waals surface area contributed by atoms with E-state index in [1.165, 1.54) is 69.6 Å². The van der Waals surface area contributed by atoms with Gasteiger partial charge in [0.1, 0.15) is 56.0 Å². The van der Waals surface area contributed by atoms with Crippen LogP contribution in [0.15, 0.2) is 303 Å². The van der Waals surface area contributed by atoms with Crippen LogP contribution < -0.4 is 56.2 Å². The summed E-state index contributed by atoms with van der Waals surface area (Å²) < 4.78 is 41.5. The lowest BCUT2D eigenvalue weighted by molar-refractivity contribution is 0.280. The van der Waals surface area contributed by atoms with Crippen molar-refractivity contribution in [2.75, 3.05) is 7.11 Å². The molecular formula is C107H103ClN20O11. The van der Waals surface area contributed by atoms with Crippen molar-refractivity contribution in [2.24, 2.45) is 0 Å². The van der Waals surface area contributed by atoms with E-state index in [1.807, 2.05) is 231 Å². The zero-order valence-corrected chi connectivity index (χ0v) is 79.5. The molecule has 0 radical (unpaired) electrons. The van der Waals surface area contributed by atoms with Gasteiger partial charge < -0.3 is 28.4 Å². The molecular weight excluding hydrogens is 1780 g/mol. The highest BCUT2D eigenvalue weighted by Gasteiger charge is 2.23. The first-order valence-electron chi connectivity index (χ1n) is 45.4. The number of benzene rings is 10. The predicted octanol–water partition coefficient (Wildman–Crippen LogP) is 19.3. The molecule has 0 saturated heterocycles. The number of ether oxygens (including phenoxy) is 6. The summed E-state index contributed by atoms with van der Waals surface area (Å²) in [4.78, 5) is 107. The van der Waals surface area contributed by atoms with E-state index >= 15 is 0 Å². The Morgan fingerprint density at radius 1 is 0.309 bits per heavy atom. The lowest BCUT2D eigenvalue weighted by Gasteiger charge is -2.23. The third kappa shape index (κ3) is 23.2. The van der Waals surface area contributed by atoms with Gasteiger partial charge in [0.05, 0.1) is 40.6 Å². The molecule has 0 aliphatic heterocycles. The maximum atomic E-state index is 12.6. The van der Waals surface area contributed by atoms with E-state index in [2.05, 4.69) is 163 Å². The fourth-order valence-corrected chi connectivity index (χ4v) is 15.3. The molecule has 0 fully saturated rings. The van der Waals surface area contributed by atoms with Crippen LogP contribution in [0.3, 0.4) is 0 Å². The summed E-state index contributed by atoms with van der Waals surface area (Å²) in [6.07, 6.45) is 1.88. The number of aromatic amines is 5. The largest absolute Gasteiger partial charge is 0.493 e. The Bertz CT molecular complexity index is 8020. The molecule has 704 valence electrons. The van der Waals surface area contributed by atoms with Gasteiger partial charge in [-0.05, 0) is 125 Å². The minimum absolute atomic E-state index is 0.0514. The Morgan fingerprint density at radius 2 is 0.626 bits per heavy atom. The van der Waals surface area contributed by atoms with Crippen molar-refractivity contribution in [2.45, 2.75) is 139 Å². The van der Waals surface area contributed by atoms with Gasteiger partial charge in [-0.3, -0.25) is 49.5 Å². The molecule has 20 rings (SSSR count). The van der Waals surface area contributed by atoms with Gasteiger partial charge in [0.15, 0.2) is 40.6 Å². The second kappa shape index (κ2) is 43.2. The Hall–Kier alpha value is -17.0. The molecule has 0 saturated carbocycles. The molecule has 0 aliphatic carbocycles. The highest BCUT2D eigenvalue weighted by atomic mass is 35.5. The highest BCUT2D eigenvalue weighted by Crippen LogP contribution is 2.35. The number of H-pyrrole nitrogens is 5. The second-order valence-electron chi connectivity index (χ2n) is 34.3. The topological polar surface area (TPSA) is 371 Å². The predicted molar refractivity (Wildman–Crippen MR) is 536 cm³/mol. The van der Waals surface area contributed by atoms with Crippen LogP contribution in [-0.4, -0.2) is 105 Å². The van der Waals surface area contributed by atoms with Crippen LogP contribution in [0.1, 0.15) is 142 Å². The van der Waals surface area contributed by atoms with Gasteiger partial charge in [0.2, 0.25) is 0 Å². The fraction of sp³-hybridized carbons (Fsp3) is 0.206. The molecule has 10 aromatic carbocycles. The smallest absolute Gasteiger partial charge is 0.274 e. The first kappa shape index (κ1) is 95.2. The fourth-order valence-electron chi connectivity index (χ4n) is 15.2. The summed E-state index contributed by atoms with van der Waals surface area (Å²) in [5, 5.41) is 15.5. The van der Waals surface area contributed by atoms with Crippen molar-refractivity contribution in [1.29, 1.82) is 0 Å². The van der Waals surface area contributed by atoms with Crippen LogP contribution >= 0.6 is 11.6 Å². The van der Waals surface area contributed by atoms with Crippen molar-refractivity contribution in [3.8, 4) is 91.4 Å². The van der Waals surface area contributed by atoms with Crippen molar-refractivity contribution >= 4 is 40.5 Å². The molecule has 0 bridgehead atoms. The quantitative estimate of drug-likeness (QED) is 0.0355. The third-order valence-corrected chi connectivity index (χ3v) is 23.0. The van der Waals surface area contributed by atoms with E-state index < -0.39 is 0 Å². The molecule has 10 aromatic heterocycles. The number of fused-ring (bicyclic) bond motifs is 5. The van der Waals surface area contributed by atoms with Crippen molar-refractivity contribution in [1.82, 2.24) is 97.9 Å². The minimum atomic E-state index is -0.251. The van der Waals surface area contributed by atoms with E-state index in [1.54, 1.807) is 13.2 Å². The average Bonchev–Trinajstić information content (AvgIpc) is 1.66. The van der Waals surface area contributed by atoms with Crippen molar-refractivity contribution in [3.63, 3.8) is 0 Å². The molecule has 139 heavy (non-hydrogen) atoms. The van der Waals surface area contributed by atoms with Gasteiger partial charge in [-0.2, -0.15) is 47.5 Å². The lowest BCUT2D eigenvalue weighted by atomic mass is 9.85. The van der Waals surface area contributed by atoms with E-state index in [0.717, 1.165) is 80.2 Å². The molecule has 0 spiro atoms. The maximum absolute atomic E-state index is 12.6. The van der Waals surface area contributed by atoms with Crippen LogP contribution in [0.5, 0.6) is 34.5 Å². The van der Waals surface area contributed by atoms with E-state index in [9.17, 15) is 24.0 Å². The van der Waals surface area contributed by atoms with Crippen LogP contribution in [0.4, 0.5) is 0 Å². The lowest BCUT2D eigenvalue weighted by Crippen LogP contribution is -2.17. The molecule has 5 N–H and O–H groups in total. The SMILES string of the molecule is CC(C)c1ccccc1OCc1cc(=O)n2[nH]c(-c3ccccc3)nc2n1.CCc1ccc(OCc2cc(=O)n3[nH]c(-c4ccccc4)nc3n2)c(C(C)(C)C)c1.CCc1ccc(OCc2cc(=O)n3[nH]c(-c4ccccc4)nc3n2)c(OC)c1.Cc1cc(OCc2cc(=O)n3[nH]c(-c4ccccc4)nc3n2)ccc1C(C)C.Cc1cccc(OCc2cc(=O)n3[nH]c(-c4ccccc4)nc3n2)c1Cl. The number of aryl methyl sites for hydroxylation is 4. The summed E-state index contributed by atoms with van der Waals surface area (Å²) >= 11 is 6.23. The first-order chi connectivity index (χ1) is 67.3. The minimum Gasteiger partial charge on any atom is -0.493 e. The molecule has 32 heteroatoms. The number of aromatic nitrogens is 20. The van der Waals surface area contributed by atoms with Gasteiger partial charge in [0.25, 0.3) is 56.7 Å². The molecule has 0 atom stereocenters. The van der Waals surface area contributed by atoms with Crippen molar-refractivity contribution < 1.29 is 28.4 Å². The Balaban J connectivity index is 0.000000126. The number of para-hydroxylation sites is 1. The number of nitrogens with one attached hydrogen (secondary N) is 5. The Labute approximate surface area is 803 Å². The summed E-state index contributed by atoms with van der Waals surface area (Å²) in [5.41, 5.74) is 14.0. The number of hydrogen-bond acceptors (Lipinski definition) is 21. The van der Waals surface area contributed by atoms with Crippen LogP contribution in [0.2, 0.25) is 5.02 Å². The van der Waals surface area contributed by atoms with Gasteiger partial charge in [-0.15, -0.1) is 0 Å². The zero-order valence-electron chi connectivity index (χ0n) is 78.7. The van der Waals surface area contributed by atoms with Gasteiger partial charge in [-0.25, -0.2) is 24.9 Å². The van der Waals surface area contributed by atoms with Gasteiger partial charge in [-0.1, -0.05) is 280 Å². The summed E-state index contributed by atoms with van der Waals surface area (Å²) in [5.74, 6) is 9.57. The summed E-state index contributed by atoms with van der Waals surface area (Å²) in [6.45, 7) is 24.2. The summed E-state index contributed by atoms with van der Waals surface area (Å²) in [7, 11) is 1.60. The molecule has 0 unspecified atom stereocenters. The number of nitrogens with zero attached hydrogens (tertiary/aromatic N) is 15. The monoisotopic (exact) mass is 1880 g/mol. The molecule has 0 aliphatic rings. The molecule has 10 heterocycles. The Morgan fingerprint density at radius 3 is 0.971 bits per heavy atom. The zero-order chi connectivity index (χ0) is 97.4. The standard InChI is InChI=1S/C24H26N4O2.C22H22N4O2.C21H20N4O3.C21H20N4O2.C19H15ClN4O2/c1-5-16-11-12-20(19(13-16)24(2,3)4)30-15-18-14-21(29)28-23(25-18)26-22(27-28)17-9-7-6-8-10-17;1-14(2)19-10-9-18(11-15(19)3)28-13-17-12-20(27)26-22(23-17)24-21(25-26)16-7-5-4-6-8-16;1-3-14-9-10-17(18(11-14)27-2)28-13-16-12-19(26)25-21(22-16)23-20(24-25)15-7-5-4-6-8-15;1-14(2)17-10-6-7-11-18(17)27-13-16-12-19(26)25-21(22-16)23-20(24-25)15-8-4-3-5-9-15;1-12-6-5-9-15(17(12)20)26-11-14-10-16(25)24-19(21-14)22-18(23-24)13-7-3-2-4-8-13/h6-14H,5,15H2,1-4H3,(H,25,26,27);4-12,14H,13H2,1-3H3,(H,23,24,25);4-12H,3,13H2,1-2H3,(H,22,23,24);3-12,14H,13H2,1-2H3,(H,22,23,24);2-10H,11H2,1H3,(H,21,22,23). The van der Waals surface area contributed by atoms with Crippen molar-refractivity contribution in [3.05, 3.63) is 403 Å². The van der Waals surface area contributed by atoms with Crippen LogP contribution in [0.25, 0.3) is 85.8 Å². The number of methoxy groups -OCH3 is 1. The second-order valence-corrected chi connectivity index (χ2v) is 34.6. The number of hydrogen-bond donors (Lipinski definition) is 5. The van der Waals surface area contributed by atoms with Crippen LogP contribution in [0, 0.1) is 13.8 Å². The number of halogens is 1. The third-order valence-electron chi connectivity index (χ3n) is 22.5. The summed E-state index contributed by atoms with van der Waals surface area (Å²) in [6, 6.07) is 86.9. The normalized spacial score (nSPS) is 11.2. The van der Waals surface area contributed by atoms with E-state index in [0.29, 0.717) is 121 Å². The van der Waals surface area contributed by atoms with E-state index in [-0.39, 0.29) is 66.2 Å². The maximum Gasteiger partial charge on any atom is 0.274 e. The molecule has 0 amide bonds. The highest BCUT2D eigenvalue weighted by molar-refractivity contribution is 6.32. The average molecular weight is 1880 g/mol. The van der Waals surface area contributed by atoms with E-state index in [4.69, 9.17) is 40.0 Å². The first-order valence-corrected chi connectivity index (χ1v) is 45.7.